The Morgan fingerprint density at radius 1 is 1.28 bits per heavy atom. The van der Waals surface area contributed by atoms with Gasteiger partial charge >= 0.3 is 0 Å². The Morgan fingerprint density at radius 3 is 2.94 bits per heavy atom. The fourth-order valence-corrected chi connectivity index (χ4v) is 3.44. The first-order valence-corrected chi connectivity index (χ1v) is 7.22. The summed E-state index contributed by atoms with van der Waals surface area (Å²) in [7, 11) is 0. The fraction of sp³-hybridized carbons (Fsp3) is 0.467. The number of rotatable bonds is 1. The van der Waals surface area contributed by atoms with Crippen molar-refractivity contribution in [3.05, 3.63) is 34.5 Å². The van der Waals surface area contributed by atoms with E-state index in [0.29, 0.717) is 0 Å². The Kier molecular flexibility index (Phi) is 2.42. The molecule has 1 aromatic carbocycles. The molecule has 2 aliphatic rings. The maximum absolute atomic E-state index is 6.13. The lowest BCUT2D eigenvalue weighted by Gasteiger charge is -2.39. The Balaban J connectivity index is 1.76. The van der Waals surface area contributed by atoms with Gasteiger partial charge in [0.05, 0.1) is 0 Å². The highest BCUT2D eigenvalue weighted by Gasteiger charge is 2.29. The van der Waals surface area contributed by atoms with Gasteiger partial charge in [0.2, 0.25) is 0 Å². The van der Waals surface area contributed by atoms with Crippen LogP contribution in [0.5, 0.6) is 0 Å². The van der Waals surface area contributed by atoms with Crippen LogP contribution in [0.15, 0.2) is 18.2 Å². The smallest absolute Gasteiger partial charge is 0.0460 e. The predicted octanol–water partition coefficient (Wildman–Crippen LogP) is 3.73. The van der Waals surface area contributed by atoms with Crippen molar-refractivity contribution in [3.8, 4) is 0 Å². The Morgan fingerprint density at radius 2 is 2.17 bits per heavy atom. The van der Waals surface area contributed by atoms with Crippen molar-refractivity contribution in [2.75, 3.05) is 6.54 Å². The summed E-state index contributed by atoms with van der Waals surface area (Å²) in [6.45, 7) is 2.30. The zero-order valence-corrected chi connectivity index (χ0v) is 11.1. The number of aromatic nitrogens is 1. The first-order valence-electron chi connectivity index (χ1n) is 6.84. The van der Waals surface area contributed by atoms with Crippen LogP contribution >= 0.6 is 11.6 Å². The standard InChI is InChI=1S/C15H17ClN2/c16-10-4-5-14-12(8-10)13-9-18(11-2-1-3-11)7-6-15(13)17-14/h4-5,8,11,17H,1-3,6-7,9H2. The van der Waals surface area contributed by atoms with Crippen LogP contribution in [0.25, 0.3) is 10.9 Å². The molecule has 0 spiro atoms. The van der Waals surface area contributed by atoms with Gasteiger partial charge in [0.1, 0.15) is 0 Å². The van der Waals surface area contributed by atoms with E-state index in [-0.39, 0.29) is 0 Å². The highest BCUT2D eigenvalue weighted by atomic mass is 35.5. The van der Waals surface area contributed by atoms with Gasteiger partial charge in [-0.2, -0.15) is 0 Å². The summed E-state index contributed by atoms with van der Waals surface area (Å²) in [6.07, 6.45) is 5.34. The van der Waals surface area contributed by atoms with Crippen LogP contribution < -0.4 is 0 Å². The monoisotopic (exact) mass is 260 g/mol. The van der Waals surface area contributed by atoms with Gasteiger partial charge in [-0.15, -0.1) is 0 Å². The summed E-state index contributed by atoms with van der Waals surface area (Å²) in [5.74, 6) is 0. The van der Waals surface area contributed by atoms with Crippen LogP contribution in [-0.4, -0.2) is 22.5 Å². The van der Waals surface area contributed by atoms with E-state index in [1.807, 2.05) is 6.07 Å². The second-order valence-electron chi connectivity index (χ2n) is 5.58. The molecule has 2 nitrogen and oxygen atoms in total. The van der Waals surface area contributed by atoms with E-state index in [9.17, 15) is 0 Å². The van der Waals surface area contributed by atoms with Gasteiger partial charge in [0.25, 0.3) is 0 Å². The van der Waals surface area contributed by atoms with E-state index in [1.54, 1.807) is 0 Å². The van der Waals surface area contributed by atoms with Crippen molar-refractivity contribution in [3.63, 3.8) is 0 Å². The molecular weight excluding hydrogens is 244 g/mol. The molecule has 1 fully saturated rings. The quantitative estimate of drug-likeness (QED) is 0.828. The number of hydrogen-bond donors (Lipinski definition) is 1. The van der Waals surface area contributed by atoms with Gasteiger partial charge in [0.15, 0.2) is 0 Å². The van der Waals surface area contributed by atoms with E-state index in [2.05, 4.69) is 22.0 Å². The number of aromatic amines is 1. The topological polar surface area (TPSA) is 19.0 Å². The molecule has 0 radical (unpaired) electrons. The first kappa shape index (κ1) is 10.9. The second-order valence-corrected chi connectivity index (χ2v) is 6.01. The van der Waals surface area contributed by atoms with Gasteiger partial charge < -0.3 is 4.98 Å². The van der Waals surface area contributed by atoms with Gasteiger partial charge in [-0.3, -0.25) is 4.90 Å². The summed E-state index contributed by atoms with van der Waals surface area (Å²) in [4.78, 5) is 6.21. The Labute approximate surface area is 112 Å². The fourth-order valence-electron chi connectivity index (χ4n) is 3.27. The third kappa shape index (κ3) is 1.59. The number of H-pyrrole nitrogens is 1. The lowest BCUT2D eigenvalue weighted by Crippen LogP contribution is -2.42. The molecule has 1 aliphatic carbocycles. The van der Waals surface area contributed by atoms with Crippen molar-refractivity contribution in [1.82, 2.24) is 9.88 Å². The zero-order chi connectivity index (χ0) is 12.1. The van der Waals surface area contributed by atoms with Crippen molar-refractivity contribution in [1.29, 1.82) is 0 Å². The molecule has 0 bridgehead atoms. The zero-order valence-electron chi connectivity index (χ0n) is 10.4. The maximum Gasteiger partial charge on any atom is 0.0460 e. The van der Waals surface area contributed by atoms with Crippen molar-refractivity contribution >= 4 is 22.5 Å². The average molecular weight is 261 g/mol. The lowest BCUT2D eigenvalue weighted by atomic mass is 9.89. The second kappa shape index (κ2) is 4.01. The molecule has 94 valence electrons. The van der Waals surface area contributed by atoms with Crippen molar-refractivity contribution in [2.24, 2.45) is 0 Å². The summed E-state index contributed by atoms with van der Waals surface area (Å²) < 4.78 is 0. The largest absolute Gasteiger partial charge is 0.358 e. The van der Waals surface area contributed by atoms with Crippen LogP contribution in [-0.2, 0) is 13.0 Å². The molecule has 1 aromatic heterocycles. The van der Waals surface area contributed by atoms with Gasteiger partial charge in [-0.05, 0) is 36.6 Å². The molecule has 0 atom stereocenters. The molecule has 0 amide bonds. The van der Waals surface area contributed by atoms with E-state index in [1.165, 1.54) is 48.0 Å². The average Bonchev–Trinajstić information content (AvgIpc) is 2.65. The highest BCUT2D eigenvalue weighted by Crippen LogP contribution is 2.33. The van der Waals surface area contributed by atoms with Gasteiger partial charge in [-0.1, -0.05) is 18.0 Å². The van der Waals surface area contributed by atoms with Gasteiger partial charge in [-0.25, -0.2) is 0 Å². The SMILES string of the molecule is Clc1ccc2[nH]c3c(c2c1)CN(C1CCC1)CC3. The molecule has 18 heavy (non-hydrogen) atoms. The van der Waals surface area contributed by atoms with E-state index < -0.39 is 0 Å². The van der Waals surface area contributed by atoms with Crippen LogP contribution in [0, 0.1) is 0 Å². The summed E-state index contributed by atoms with van der Waals surface area (Å²) in [6, 6.07) is 7.01. The van der Waals surface area contributed by atoms with E-state index in [0.717, 1.165) is 24.0 Å². The molecule has 0 unspecified atom stereocenters. The summed E-state index contributed by atoms with van der Waals surface area (Å²) in [5, 5.41) is 2.16. The highest BCUT2D eigenvalue weighted by molar-refractivity contribution is 6.31. The number of hydrogen-bond acceptors (Lipinski definition) is 1. The predicted molar refractivity (Wildman–Crippen MR) is 75.1 cm³/mol. The molecule has 1 N–H and O–H groups in total. The van der Waals surface area contributed by atoms with Gasteiger partial charge in [0, 0.05) is 47.2 Å². The number of nitrogens with zero attached hydrogens (tertiary/aromatic N) is 1. The molecule has 1 aliphatic heterocycles. The van der Waals surface area contributed by atoms with Crippen molar-refractivity contribution < 1.29 is 0 Å². The number of nitrogens with one attached hydrogen (secondary N) is 1. The van der Waals surface area contributed by atoms with Crippen LogP contribution in [0.1, 0.15) is 30.5 Å². The van der Waals surface area contributed by atoms with E-state index >= 15 is 0 Å². The molecule has 0 saturated heterocycles. The van der Waals surface area contributed by atoms with Crippen LogP contribution in [0.4, 0.5) is 0 Å². The first-order chi connectivity index (χ1) is 8.81. The molecule has 4 rings (SSSR count). The Hall–Kier alpha value is -0.990. The lowest BCUT2D eigenvalue weighted by molar-refractivity contribution is 0.113. The molecule has 3 heteroatoms. The summed E-state index contributed by atoms with van der Waals surface area (Å²) in [5.41, 5.74) is 4.13. The number of fused-ring (bicyclic) bond motifs is 3. The number of halogens is 1. The van der Waals surface area contributed by atoms with Crippen LogP contribution in [0.2, 0.25) is 5.02 Å². The number of benzene rings is 1. The van der Waals surface area contributed by atoms with E-state index in [4.69, 9.17) is 11.6 Å². The third-order valence-electron chi connectivity index (χ3n) is 4.56. The molecule has 2 heterocycles. The molecule has 1 saturated carbocycles. The van der Waals surface area contributed by atoms with Crippen molar-refractivity contribution in [2.45, 2.75) is 38.3 Å². The minimum Gasteiger partial charge on any atom is -0.358 e. The molecule has 2 aromatic rings. The minimum atomic E-state index is 0.835. The minimum absolute atomic E-state index is 0.835. The van der Waals surface area contributed by atoms with Crippen LogP contribution in [0.3, 0.4) is 0 Å². The maximum atomic E-state index is 6.13. The third-order valence-corrected chi connectivity index (χ3v) is 4.79. The Bertz CT molecular complexity index is 598. The normalized spacial score (nSPS) is 20.9. The molecular formula is C15H17ClN2. The summed E-state index contributed by atoms with van der Waals surface area (Å²) >= 11 is 6.13.